The van der Waals surface area contributed by atoms with Crippen molar-refractivity contribution in [1.29, 1.82) is 0 Å². The number of benzene rings is 1. The zero-order valence-electron chi connectivity index (χ0n) is 14.4. The summed E-state index contributed by atoms with van der Waals surface area (Å²) in [5.74, 6) is -1.01. The van der Waals surface area contributed by atoms with Crippen molar-refractivity contribution in [2.45, 2.75) is 31.7 Å². The summed E-state index contributed by atoms with van der Waals surface area (Å²) >= 11 is 1.30. The molecule has 6 nitrogen and oxygen atoms in total. The number of halogens is 1. The molecule has 1 aromatic carbocycles. The number of hydrogen-bond donors (Lipinski definition) is 1. The minimum atomic E-state index is -0.545. The van der Waals surface area contributed by atoms with Crippen LogP contribution < -0.4 is 5.32 Å². The van der Waals surface area contributed by atoms with Gasteiger partial charge < -0.3 is 5.32 Å². The molecule has 0 radical (unpaired) electrons. The van der Waals surface area contributed by atoms with Crippen LogP contribution in [0, 0.1) is 5.82 Å². The number of amides is 4. The number of thioether (sulfide) groups is 1. The van der Waals surface area contributed by atoms with Crippen LogP contribution in [0.2, 0.25) is 0 Å². The van der Waals surface area contributed by atoms with Gasteiger partial charge in [0, 0.05) is 6.04 Å². The Morgan fingerprint density at radius 3 is 2.65 bits per heavy atom. The average molecular weight is 376 g/mol. The first kappa shape index (κ1) is 18.3. The van der Waals surface area contributed by atoms with Crippen molar-refractivity contribution in [3.05, 3.63) is 47.1 Å². The standard InChI is InChI=1S/C18H18FN3O3S/c1-11(2)20-15(23)10-21-14-7-8-26-16(14)17(24)22(18(21)25)9-12-3-5-13(19)6-4-12/h3-8,11,16H,9-10H2,1-2H3/p+1. The molecule has 2 aliphatic heterocycles. The number of fused-ring (bicyclic) bond motifs is 1. The fourth-order valence-corrected chi connectivity index (χ4v) is 3.80. The number of rotatable bonds is 5. The van der Waals surface area contributed by atoms with Gasteiger partial charge in [-0.25, -0.2) is 9.18 Å². The van der Waals surface area contributed by atoms with Crippen LogP contribution in [0.1, 0.15) is 19.4 Å². The largest absolute Gasteiger partial charge is 0.501 e. The number of nitrogens with one attached hydrogen (secondary N) is 1. The fourth-order valence-electron chi connectivity index (χ4n) is 2.84. The number of imide groups is 1. The van der Waals surface area contributed by atoms with Crippen LogP contribution in [0.4, 0.5) is 9.18 Å². The smallest absolute Gasteiger partial charge is 0.351 e. The van der Waals surface area contributed by atoms with Crippen molar-refractivity contribution in [1.82, 2.24) is 10.2 Å². The Kier molecular flexibility index (Phi) is 5.22. The summed E-state index contributed by atoms with van der Waals surface area (Å²) in [7, 11) is 0. The van der Waals surface area contributed by atoms with Gasteiger partial charge in [0.15, 0.2) is 11.8 Å². The monoisotopic (exact) mass is 376 g/mol. The topological polar surface area (TPSA) is 69.5 Å². The molecular weight excluding hydrogens is 357 g/mol. The van der Waals surface area contributed by atoms with Crippen molar-refractivity contribution in [2.75, 3.05) is 6.54 Å². The maximum absolute atomic E-state index is 13.1. The van der Waals surface area contributed by atoms with Gasteiger partial charge in [-0.2, -0.15) is 14.3 Å². The summed E-state index contributed by atoms with van der Waals surface area (Å²) in [5.41, 5.74) is 1.17. The minimum absolute atomic E-state index is 0.0323. The molecular formula is C18H19FN3O3S+. The Labute approximate surface area is 154 Å². The van der Waals surface area contributed by atoms with Crippen LogP contribution in [0.15, 0.2) is 35.7 Å². The molecule has 0 aromatic heterocycles. The first-order chi connectivity index (χ1) is 12.4. The van der Waals surface area contributed by atoms with Crippen LogP contribution in [-0.4, -0.2) is 50.9 Å². The normalized spacial score (nSPS) is 19.4. The molecule has 1 aromatic rings. The Morgan fingerprint density at radius 2 is 2.00 bits per heavy atom. The molecule has 0 bridgehead atoms. The Balaban J connectivity index is 1.87. The van der Waals surface area contributed by atoms with Gasteiger partial charge in [-0.05, 0) is 43.0 Å². The van der Waals surface area contributed by atoms with Crippen molar-refractivity contribution >= 4 is 35.3 Å². The molecule has 0 saturated carbocycles. The molecule has 3 rings (SSSR count). The lowest BCUT2D eigenvalue weighted by molar-refractivity contribution is -0.427. The highest BCUT2D eigenvalue weighted by atomic mass is 32.2. The van der Waals surface area contributed by atoms with Gasteiger partial charge in [0.2, 0.25) is 0 Å². The first-order valence-electron chi connectivity index (χ1n) is 8.22. The molecule has 26 heavy (non-hydrogen) atoms. The van der Waals surface area contributed by atoms with Crippen LogP contribution in [0.25, 0.3) is 0 Å². The van der Waals surface area contributed by atoms with E-state index in [0.29, 0.717) is 11.3 Å². The Hall–Kier alpha value is -2.48. The van der Waals surface area contributed by atoms with E-state index in [1.807, 2.05) is 13.8 Å². The van der Waals surface area contributed by atoms with Crippen LogP contribution in [-0.2, 0) is 16.1 Å². The third-order valence-corrected chi connectivity index (χ3v) is 5.00. The Bertz CT molecular complexity index is 817. The zero-order chi connectivity index (χ0) is 18.8. The maximum atomic E-state index is 13.1. The highest BCUT2D eigenvalue weighted by Gasteiger charge is 2.49. The second-order valence-corrected chi connectivity index (χ2v) is 7.40. The summed E-state index contributed by atoms with van der Waals surface area (Å²) in [6, 6.07) is 5.04. The SMILES string of the molecule is CC(C)NC(=O)C[N+]1=C2C=CSC2C(=O)N(Cc2ccc(F)cc2)C1=O. The van der Waals surface area contributed by atoms with Gasteiger partial charge in [0.25, 0.3) is 5.91 Å². The molecule has 1 atom stereocenters. The fraction of sp³-hybridized carbons (Fsp3) is 0.333. The molecule has 136 valence electrons. The van der Waals surface area contributed by atoms with Crippen molar-refractivity contribution in [2.24, 2.45) is 0 Å². The first-order valence-corrected chi connectivity index (χ1v) is 9.16. The number of carbonyl (C=O) groups excluding carboxylic acids is 3. The minimum Gasteiger partial charge on any atom is -0.351 e. The third kappa shape index (κ3) is 3.70. The lowest BCUT2D eigenvalue weighted by Crippen LogP contribution is -2.56. The summed E-state index contributed by atoms with van der Waals surface area (Å²) in [6.07, 6.45) is 1.70. The maximum Gasteiger partial charge on any atom is 0.501 e. The predicted octanol–water partition coefficient (Wildman–Crippen LogP) is 1.90. The lowest BCUT2D eigenvalue weighted by Gasteiger charge is -2.24. The van der Waals surface area contributed by atoms with Crippen molar-refractivity contribution in [3.8, 4) is 0 Å². The highest BCUT2D eigenvalue weighted by Crippen LogP contribution is 2.28. The third-order valence-electron chi connectivity index (χ3n) is 3.99. The van der Waals surface area contributed by atoms with E-state index in [-0.39, 0.29) is 36.8 Å². The molecule has 0 spiro atoms. The van der Waals surface area contributed by atoms with E-state index < -0.39 is 11.3 Å². The summed E-state index contributed by atoms with van der Waals surface area (Å²) < 4.78 is 14.4. The predicted molar refractivity (Wildman–Crippen MR) is 96.3 cm³/mol. The zero-order valence-corrected chi connectivity index (χ0v) is 15.3. The molecule has 2 heterocycles. The Morgan fingerprint density at radius 1 is 1.31 bits per heavy atom. The second-order valence-electron chi connectivity index (χ2n) is 6.39. The van der Waals surface area contributed by atoms with Crippen molar-refractivity contribution < 1.29 is 23.3 Å². The summed E-state index contributed by atoms with van der Waals surface area (Å²) in [4.78, 5) is 38.9. The van der Waals surface area contributed by atoms with E-state index in [2.05, 4.69) is 5.32 Å². The molecule has 8 heteroatoms. The quantitative estimate of drug-likeness (QED) is 0.797. The van der Waals surface area contributed by atoms with E-state index in [0.717, 1.165) is 4.90 Å². The number of nitrogens with zero attached hydrogens (tertiary/aromatic N) is 2. The number of hydrogen-bond acceptors (Lipinski definition) is 4. The average Bonchev–Trinajstić information content (AvgIpc) is 3.06. The van der Waals surface area contributed by atoms with E-state index in [1.165, 1.54) is 40.6 Å². The summed E-state index contributed by atoms with van der Waals surface area (Å²) in [6.45, 7) is 3.55. The molecule has 0 saturated heterocycles. The van der Waals surface area contributed by atoms with Gasteiger partial charge in [-0.15, -0.1) is 11.8 Å². The molecule has 0 aliphatic carbocycles. The second kappa shape index (κ2) is 7.41. The molecule has 1 unspecified atom stereocenters. The van der Waals surface area contributed by atoms with Gasteiger partial charge in [0.1, 0.15) is 18.1 Å². The number of urea groups is 1. The molecule has 4 amide bonds. The van der Waals surface area contributed by atoms with Crippen LogP contribution in [0.3, 0.4) is 0 Å². The number of allylic oxidation sites excluding steroid dienone is 1. The van der Waals surface area contributed by atoms with Gasteiger partial charge in [0.05, 0.1) is 0 Å². The van der Waals surface area contributed by atoms with E-state index in [1.54, 1.807) is 11.5 Å². The molecule has 0 fully saturated rings. The summed E-state index contributed by atoms with van der Waals surface area (Å²) in [5, 5.41) is 3.96. The van der Waals surface area contributed by atoms with Gasteiger partial charge in [-0.3, -0.25) is 4.79 Å². The van der Waals surface area contributed by atoms with Gasteiger partial charge in [-0.1, -0.05) is 12.1 Å². The van der Waals surface area contributed by atoms with Crippen molar-refractivity contribution in [3.63, 3.8) is 0 Å². The number of carbonyl (C=O) groups is 3. The van der Waals surface area contributed by atoms with E-state index in [9.17, 15) is 18.8 Å². The highest BCUT2D eigenvalue weighted by molar-refractivity contribution is 8.04. The van der Waals surface area contributed by atoms with Gasteiger partial charge >= 0.3 is 11.9 Å². The van der Waals surface area contributed by atoms with E-state index >= 15 is 0 Å². The van der Waals surface area contributed by atoms with Crippen LogP contribution in [0.5, 0.6) is 0 Å². The lowest BCUT2D eigenvalue weighted by atomic mass is 10.1. The molecule has 2 aliphatic rings. The van der Waals surface area contributed by atoms with Crippen LogP contribution >= 0.6 is 11.8 Å². The molecule has 1 N–H and O–H groups in total. The van der Waals surface area contributed by atoms with E-state index in [4.69, 9.17) is 0 Å².